The standard InChI is InChI=1S/C110H184O12S8/c1-13-21-29-37-45-53-61-69-85(70-62-54-46-38-30-22-14-2)77-81-119-93-89(101(111)115-9)90(102(112)116-10)94(120-82-78-86(71-63-55-47-39-31-23-15-3)72-64-56-48-40-32-24-16-4)98-97(93)123-105-106(124-98)128-109(127-105)110-129-107-108(130-110)126-100-96(122-84-80-88(75-67-59-51-43-35-27-19-7)76-68-60-52-44-36-28-20-8)92(104(114)118-12)91(103(113)117-11)95(99(100)125-107)121-83-79-87(73-65-57-49-41-33-25-17-5)74-66-58-50-42-34-26-18-6/h85-88H,13-84H2,1-12H3. The van der Waals surface area contributed by atoms with Crippen LogP contribution in [0, 0.1) is 23.7 Å². The van der Waals surface area contributed by atoms with Crippen LogP contribution in [0.4, 0.5) is 0 Å². The number of carbonyl (C=O) groups excluding carboxylic acids is 4. The molecule has 12 nitrogen and oxygen atoms in total. The minimum Gasteiger partial charge on any atom is -0.491 e. The molecule has 4 aliphatic heterocycles. The zero-order valence-corrected chi connectivity index (χ0v) is 90.9. The summed E-state index contributed by atoms with van der Waals surface area (Å²) >= 11 is 13.4. The second kappa shape index (κ2) is 74.6. The Bertz CT molecular complexity index is 3010. The second-order valence-corrected chi connectivity index (χ2v) is 47.6. The largest absolute Gasteiger partial charge is 0.491 e. The summed E-state index contributed by atoms with van der Waals surface area (Å²) in [7, 11) is 5.58. The van der Waals surface area contributed by atoms with E-state index in [-0.39, 0.29) is 22.3 Å². The van der Waals surface area contributed by atoms with Crippen LogP contribution in [0.5, 0.6) is 23.0 Å². The van der Waals surface area contributed by atoms with Gasteiger partial charge in [0.2, 0.25) is 0 Å². The van der Waals surface area contributed by atoms with Crippen molar-refractivity contribution in [2.24, 2.45) is 23.7 Å². The predicted octanol–water partition coefficient (Wildman–Crippen LogP) is 38.9. The van der Waals surface area contributed by atoms with Crippen LogP contribution in [0.2, 0.25) is 0 Å². The minimum absolute atomic E-state index is 0.0660. The van der Waals surface area contributed by atoms with E-state index in [0.717, 1.165) is 122 Å². The molecule has 744 valence electrons. The third-order valence-corrected chi connectivity index (χ3v) is 38.9. The number of unbranched alkanes of at least 4 members (excludes halogenated alkanes) is 48. The maximum Gasteiger partial charge on any atom is 0.342 e. The van der Waals surface area contributed by atoms with E-state index in [9.17, 15) is 19.2 Å². The van der Waals surface area contributed by atoms with Gasteiger partial charge in [-0.05, 0) is 49.4 Å². The number of ether oxygens (including phenoxy) is 8. The average molecular weight is 1960 g/mol. The topological polar surface area (TPSA) is 142 Å². The van der Waals surface area contributed by atoms with Crippen molar-refractivity contribution in [2.45, 2.75) is 512 Å². The molecule has 0 bridgehead atoms. The summed E-state index contributed by atoms with van der Waals surface area (Å²) in [6.45, 7) is 19.8. The summed E-state index contributed by atoms with van der Waals surface area (Å²) in [4.78, 5) is 63.1. The van der Waals surface area contributed by atoms with Gasteiger partial charge in [0.25, 0.3) is 0 Å². The highest BCUT2D eigenvalue weighted by Gasteiger charge is 2.45. The Morgan fingerprint density at radius 3 is 0.454 bits per heavy atom. The quantitative estimate of drug-likeness (QED) is 0.0352. The van der Waals surface area contributed by atoms with Crippen LogP contribution < -0.4 is 18.9 Å². The highest BCUT2D eigenvalue weighted by atomic mass is 32.3. The number of methoxy groups -OCH3 is 4. The van der Waals surface area contributed by atoms with Crippen LogP contribution in [0.15, 0.2) is 45.0 Å². The Morgan fingerprint density at radius 2 is 0.315 bits per heavy atom. The Balaban J connectivity index is 1.43. The molecule has 2 aromatic rings. The minimum atomic E-state index is -0.655. The van der Waals surface area contributed by atoms with Gasteiger partial charge in [0, 0.05) is 0 Å². The van der Waals surface area contributed by atoms with Gasteiger partial charge in [0.15, 0.2) is 0 Å². The molecule has 0 atom stereocenters. The lowest BCUT2D eigenvalue weighted by molar-refractivity contribution is 0.0544. The van der Waals surface area contributed by atoms with Crippen LogP contribution in [0.25, 0.3) is 0 Å². The molecule has 0 N–H and O–H groups in total. The van der Waals surface area contributed by atoms with E-state index in [0.29, 0.717) is 73.1 Å². The van der Waals surface area contributed by atoms with Crippen LogP contribution in [-0.4, -0.2) is 78.7 Å². The fourth-order valence-electron chi connectivity index (χ4n) is 18.9. The fourth-order valence-corrected chi connectivity index (χ4v) is 31.2. The van der Waals surface area contributed by atoms with Crippen molar-refractivity contribution < 1.29 is 57.1 Å². The monoisotopic (exact) mass is 1950 g/mol. The van der Waals surface area contributed by atoms with E-state index >= 15 is 0 Å². The highest BCUT2D eigenvalue weighted by Crippen LogP contribution is 2.74. The molecular formula is C110H184O12S8. The molecule has 0 spiro atoms. The van der Waals surface area contributed by atoms with Crippen LogP contribution in [0.3, 0.4) is 0 Å². The first-order chi connectivity index (χ1) is 63.8. The third kappa shape index (κ3) is 44.3. The molecule has 0 aromatic heterocycles. The van der Waals surface area contributed by atoms with Crippen molar-refractivity contribution in [2.75, 3.05) is 54.9 Å². The van der Waals surface area contributed by atoms with E-state index in [1.54, 1.807) is 94.1 Å². The Morgan fingerprint density at radius 1 is 0.185 bits per heavy atom. The van der Waals surface area contributed by atoms with Crippen LogP contribution in [0.1, 0.15) is 533 Å². The first kappa shape index (κ1) is 116. The average Bonchev–Trinajstić information content (AvgIpc) is 1.27. The van der Waals surface area contributed by atoms with E-state index in [2.05, 4.69) is 55.4 Å². The predicted molar refractivity (Wildman–Crippen MR) is 568 cm³/mol. The molecule has 4 aliphatic rings. The van der Waals surface area contributed by atoms with Crippen molar-refractivity contribution in [3.05, 3.63) is 47.7 Å². The summed E-state index contributed by atoms with van der Waals surface area (Å²) in [6, 6.07) is 0. The summed E-state index contributed by atoms with van der Waals surface area (Å²) in [5, 5.41) is 0. The van der Waals surface area contributed by atoms with Crippen molar-refractivity contribution in [1.82, 2.24) is 0 Å². The molecular weight excluding hydrogens is 1770 g/mol. The van der Waals surface area contributed by atoms with Gasteiger partial charge in [0.05, 0.1) is 99.9 Å². The van der Waals surface area contributed by atoms with Crippen LogP contribution >= 0.6 is 94.1 Å². The molecule has 0 aliphatic carbocycles. The molecule has 0 saturated carbocycles. The Hall–Kier alpha value is -2.46. The molecule has 2 aromatic carbocycles. The van der Waals surface area contributed by atoms with Crippen molar-refractivity contribution in [1.29, 1.82) is 0 Å². The summed E-state index contributed by atoms with van der Waals surface area (Å²) in [5.74, 6) is 0.662. The lowest BCUT2D eigenvalue weighted by Crippen LogP contribution is -2.19. The molecule has 0 fully saturated rings. The van der Waals surface area contributed by atoms with Gasteiger partial charge in [0.1, 0.15) is 45.3 Å². The van der Waals surface area contributed by atoms with Gasteiger partial charge >= 0.3 is 23.9 Å². The van der Waals surface area contributed by atoms with Crippen molar-refractivity contribution in [3.8, 4) is 23.0 Å². The first-order valence-electron chi connectivity index (χ1n) is 53.8. The molecule has 0 radical (unpaired) electrons. The van der Waals surface area contributed by atoms with E-state index < -0.39 is 23.9 Å². The molecule has 4 heterocycles. The zero-order chi connectivity index (χ0) is 93.2. The van der Waals surface area contributed by atoms with Gasteiger partial charge in [-0.2, -0.15) is 0 Å². The molecule has 0 unspecified atom stereocenters. The summed E-state index contributed by atoms with van der Waals surface area (Å²) < 4.78 is 58.6. The van der Waals surface area contributed by atoms with Crippen LogP contribution in [-0.2, 0) is 18.9 Å². The number of carbonyl (C=O) groups is 4. The van der Waals surface area contributed by atoms with Crippen molar-refractivity contribution in [3.63, 3.8) is 0 Å². The Kier molecular flexibility index (Phi) is 66.7. The number of fused-ring (bicyclic) bond motifs is 2. The Labute approximate surface area is 829 Å². The lowest BCUT2D eigenvalue weighted by Gasteiger charge is -2.27. The second-order valence-electron chi connectivity index (χ2n) is 37.9. The van der Waals surface area contributed by atoms with Gasteiger partial charge < -0.3 is 37.9 Å². The summed E-state index contributed by atoms with van der Waals surface area (Å²) in [6.07, 6.45) is 83.2. The highest BCUT2D eigenvalue weighted by molar-refractivity contribution is 8.45. The fraction of sp³-hybridized carbons (Fsp3) is 0.800. The normalized spacial score (nSPS) is 13.7. The SMILES string of the molecule is CCCCCCCCCC(CCCCCCCCC)CCOc1c2c(c(OCCC(CCCCCCCCC)CCCCCCCCC)c(C(=O)OC)c1C(=O)OC)SC1=C(SC(=C3SC4=C(S3)Sc3c(OCCC(CCCCCCCCC)CCCCCCCCC)c(C(=O)OC)c(C(=O)OC)c(OCCC(CCCCCCCCC)CCCCCCCCC)c3S4)S1)S2. The molecule has 130 heavy (non-hydrogen) atoms. The molecule has 20 heteroatoms. The summed E-state index contributed by atoms with van der Waals surface area (Å²) in [5.41, 5.74) is 0.264. The lowest BCUT2D eigenvalue weighted by atomic mass is 9.91. The van der Waals surface area contributed by atoms with E-state index in [4.69, 9.17) is 37.9 Å². The smallest absolute Gasteiger partial charge is 0.342 e. The number of benzene rings is 2. The molecule has 6 rings (SSSR count). The van der Waals surface area contributed by atoms with Gasteiger partial charge in [-0.15, -0.1) is 0 Å². The van der Waals surface area contributed by atoms with Crippen molar-refractivity contribution >= 4 is 118 Å². The van der Waals surface area contributed by atoms with E-state index in [1.165, 1.54) is 388 Å². The van der Waals surface area contributed by atoms with E-state index in [1.807, 2.05) is 0 Å². The zero-order valence-electron chi connectivity index (χ0n) is 84.4. The molecule has 0 amide bonds. The number of thioether (sulfide) groups is 8. The molecule has 0 saturated heterocycles. The maximum atomic E-state index is 15.0. The number of esters is 4. The third-order valence-electron chi connectivity index (χ3n) is 27.0. The van der Waals surface area contributed by atoms with Gasteiger partial charge in [-0.1, -0.05) is 560 Å². The first-order valence-corrected chi connectivity index (χ1v) is 60.3. The number of hydrogen-bond acceptors (Lipinski definition) is 20. The number of rotatable bonds is 84. The van der Waals surface area contributed by atoms with Gasteiger partial charge in [-0.25, -0.2) is 19.2 Å². The number of hydrogen-bond donors (Lipinski definition) is 0. The van der Waals surface area contributed by atoms with Gasteiger partial charge in [-0.3, -0.25) is 0 Å². The maximum absolute atomic E-state index is 15.0.